The highest BCUT2D eigenvalue weighted by atomic mass is 16.5. The van der Waals surface area contributed by atoms with Gasteiger partial charge < -0.3 is 9.64 Å². The van der Waals surface area contributed by atoms with Crippen LogP contribution in [-0.4, -0.2) is 31.4 Å². The van der Waals surface area contributed by atoms with Gasteiger partial charge >= 0.3 is 0 Å². The second-order valence-corrected chi connectivity index (χ2v) is 6.74. The lowest BCUT2D eigenvalue weighted by Crippen LogP contribution is -2.16. The number of likely N-dealkylation sites (tertiary alicyclic amines) is 1. The van der Waals surface area contributed by atoms with Crippen LogP contribution in [-0.2, 0) is 6.42 Å². The molecule has 1 aliphatic heterocycles. The number of hydrogen-bond acceptors (Lipinski definition) is 2. The van der Waals surface area contributed by atoms with Gasteiger partial charge in [0.1, 0.15) is 5.75 Å². The third-order valence-corrected chi connectivity index (χ3v) is 4.78. The van der Waals surface area contributed by atoms with Gasteiger partial charge in [-0.3, -0.25) is 0 Å². The topological polar surface area (TPSA) is 24.8 Å². The number of aryl methyl sites for hydroxylation is 1. The molecule has 1 aromatic carbocycles. The molecule has 0 saturated carbocycles. The number of hydrogen-bond donors (Lipinski definition) is 0. The standard InChI is InChI=1S/C22H28N2O/c1-18-14-20(15-19-10-6-4-3-5-7-11-19)22(25-2)16-21(18)23-17-24-12-8-9-13-24/h3-4,7,10-11,14,16-17H,5-6,8-9,12-13,15H2,1-2H3. The maximum atomic E-state index is 5.66. The van der Waals surface area contributed by atoms with E-state index in [9.17, 15) is 0 Å². The van der Waals surface area contributed by atoms with Gasteiger partial charge in [0.2, 0.25) is 0 Å². The Morgan fingerprint density at radius 1 is 1.12 bits per heavy atom. The summed E-state index contributed by atoms with van der Waals surface area (Å²) in [7, 11) is 1.74. The van der Waals surface area contributed by atoms with Crippen molar-refractivity contribution in [2.75, 3.05) is 20.2 Å². The fraction of sp³-hybridized carbons (Fsp3) is 0.409. The van der Waals surface area contributed by atoms with Crippen LogP contribution in [0.15, 0.2) is 53.1 Å². The average Bonchev–Trinajstić information content (AvgIpc) is 3.10. The molecule has 25 heavy (non-hydrogen) atoms. The summed E-state index contributed by atoms with van der Waals surface area (Å²) in [4.78, 5) is 6.98. The van der Waals surface area contributed by atoms with Crippen LogP contribution in [0.1, 0.15) is 36.8 Å². The van der Waals surface area contributed by atoms with E-state index >= 15 is 0 Å². The quantitative estimate of drug-likeness (QED) is 0.423. The maximum Gasteiger partial charge on any atom is 0.124 e. The number of allylic oxidation sites excluding steroid dienone is 6. The molecule has 0 aromatic heterocycles. The average molecular weight is 336 g/mol. The van der Waals surface area contributed by atoms with E-state index < -0.39 is 0 Å². The number of aliphatic imine (C=N–C) groups is 1. The van der Waals surface area contributed by atoms with Crippen molar-refractivity contribution in [2.45, 2.75) is 39.0 Å². The van der Waals surface area contributed by atoms with Gasteiger partial charge in [-0.25, -0.2) is 4.99 Å². The minimum Gasteiger partial charge on any atom is -0.496 e. The predicted octanol–water partition coefficient (Wildman–Crippen LogP) is 5.13. The molecule has 0 bridgehead atoms. The van der Waals surface area contributed by atoms with Gasteiger partial charge in [-0.05, 0) is 55.4 Å². The molecule has 3 heteroatoms. The Morgan fingerprint density at radius 3 is 2.72 bits per heavy atom. The van der Waals surface area contributed by atoms with Crippen molar-refractivity contribution >= 4 is 12.0 Å². The van der Waals surface area contributed by atoms with Crippen molar-refractivity contribution in [3.05, 3.63) is 59.2 Å². The first kappa shape index (κ1) is 17.5. The van der Waals surface area contributed by atoms with Crippen LogP contribution in [0.3, 0.4) is 0 Å². The molecule has 1 aromatic rings. The Balaban J connectivity index is 1.80. The van der Waals surface area contributed by atoms with E-state index in [0.717, 1.165) is 43.8 Å². The molecule has 3 rings (SSSR count). The van der Waals surface area contributed by atoms with Gasteiger partial charge in [-0.1, -0.05) is 30.4 Å². The van der Waals surface area contributed by atoms with Gasteiger partial charge in [-0.15, -0.1) is 0 Å². The molecule has 132 valence electrons. The van der Waals surface area contributed by atoms with E-state index in [1.54, 1.807) is 7.11 Å². The molecule has 0 amide bonds. The van der Waals surface area contributed by atoms with Crippen molar-refractivity contribution in [1.29, 1.82) is 0 Å². The van der Waals surface area contributed by atoms with Crippen LogP contribution in [0, 0.1) is 6.92 Å². The minimum absolute atomic E-state index is 0.893. The summed E-state index contributed by atoms with van der Waals surface area (Å²) in [5.41, 5.74) is 4.76. The zero-order chi connectivity index (χ0) is 17.5. The number of nitrogens with zero attached hydrogens (tertiary/aromatic N) is 2. The van der Waals surface area contributed by atoms with E-state index in [4.69, 9.17) is 9.73 Å². The molecule has 2 aliphatic rings. The van der Waals surface area contributed by atoms with E-state index in [2.05, 4.69) is 54.3 Å². The van der Waals surface area contributed by atoms with E-state index in [0.29, 0.717) is 0 Å². The largest absolute Gasteiger partial charge is 0.496 e. The Labute approximate surface area is 151 Å². The first-order chi connectivity index (χ1) is 12.3. The van der Waals surface area contributed by atoms with Gasteiger partial charge in [0, 0.05) is 25.6 Å². The van der Waals surface area contributed by atoms with Gasteiger partial charge in [-0.2, -0.15) is 0 Å². The molecule has 0 atom stereocenters. The zero-order valence-corrected chi connectivity index (χ0v) is 15.4. The monoisotopic (exact) mass is 336 g/mol. The molecule has 3 nitrogen and oxygen atoms in total. The highest BCUT2D eigenvalue weighted by Crippen LogP contribution is 2.31. The first-order valence-electron chi connectivity index (χ1n) is 9.22. The molecule has 1 aliphatic carbocycles. The maximum absolute atomic E-state index is 5.66. The number of methoxy groups -OCH3 is 1. The van der Waals surface area contributed by atoms with Gasteiger partial charge in [0.05, 0.1) is 19.1 Å². The zero-order valence-electron chi connectivity index (χ0n) is 15.4. The minimum atomic E-state index is 0.893. The number of rotatable bonds is 5. The summed E-state index contributed by atoms with van der Waals surface area (Å²) in [6, 6.07) is 4.29. The van der Waals surface area contributed by atoms with E-state index in [1.807, 2.05) is 6.34 Å². The summed E-state index contributed by atoms with van der Waals surface area (Å²) in [5, 5.41) is 0. The van der Waals surface area contributed by atoms with Crippen molar-refractivity contribution in [3.63, 3.8) is 0 Å². The molecule has 1 saturated heterocycles. The third-order valence-electron chi connectivity index (χ3n) is 4.78. The van der Waals surface area contributed by atoms with Gasteiger partial charge in [0.25, 0.3) is 0 Å². The Kier molecular flexibility index (Phi) is 6.10. The Bertz CT molecular complexity index is 707. The first-order valence-corrected chi connectivity index (χ1v) is 9.22. The normalized spacial score (nSPS) is 17.7. The van der Waals surface area contributed by atoms with Crippen molar-refractivity contribution in [3.8, 4) is 5.75 Å². The van der Waals surface area contributed by atoms with Crippen LogP contribution in [0.2, 0.25) is 0 Å². The van der Waals surface area contributed by atoms with Crippen LogP contribution in [0.5, 0.6) is 5.75 Å². The molecule has 1 heterocycles. The van der Waals surface area contributed by atoms with Crippen LogP contribution in [0.25, 0.3) is 0 Å². The van der Waals surface area contributed by atoms with Crippen molar-refractivity contribution in [2.24, 2.45) is 4.99 Å². The smallest absolute Gasteiger partial charge is 0.124 e. The fourth-order valence-corrected chi connectivity index (χ4v) is 3.33. The number of benzene rings is 1. The highest BCUT2D eigenvalue weighted by Gasteiger charge is 2.11. The second-order valence-electron chi connectivity index (χ2n) is 6.74. The lowest BCUT2D eigenvalue weighted by atomic mass is 9.99. The molecule has 0 N–H and O–H groups in total. The molecule has 0 spiro atoms. The molecule has 0 unspecified atom stereocenters. The van der Waals surface area contributed by atoms with Crippen LogP contribution in [0.4, 0.5) is 5.69 Å². The summed E-state index contributed by atoms with van der Waals surface area (Å²) in [6.07, 6.45) is 18.6. The van der Waals surface area contributed by atoms with Crippen LogP contribution >= 0.6 is 0 Å². The lowest BCUT2D eigenvalue weighted by Gasteiger charge is -2.14. The summed E-state index contributed by atoms with van der Waals surface area (Å²) in [5.74, 6) is 0.922. The summed E-state index contributed by atoms with van der Waals surface area (Å²) >= 11 is 0. The molecule has 1 fully saturated rings. The molecular weight excluding hydrogens is 308 g/mol. The Morgan fingerprint density at radius 2 is 1.92 bits per heavy atom. The summed E-state index contributed by atoms with van der Waals surface area (Å²) in [6.45, 7) is 4.37. The lowest BCUT2D eigenvalue weighted by molar-refractivity contribution is 0.410. The number of ether oxygens (including phenoxy) is 1. The third kappa shape index (κ3) is 4.85. The van der Waals surface area contributed by atoms with E-state index in [-0.39, 0.29) is 0 Å². The highest BCUT2D eigenvalue weighted by molar-refractivity contribution is 5.65. The Hall–Kier alpha value is -2.29. The van der Waals surface area contributed by atoms with Crippen molar-refractivity contribution in [1.82, 2.24) is 4.90 Å². The van der Waals surface area contributed by atoms with Crippen molar-refractivity contribution < 1.29 is 4.74 Å². The summed E-state index contributed by atoms with van der Waals surface area (Å²) < 4.78 is 5.66. The van der Waals surface area contributed by atoms with Gasteiger partial charge in [0.15, 0.2) is 0 Å². The molecular formula is C22H28N2O. The molecule has 0 radical (unpaired) electrons. The fourth-order valence-electron chi connectivity index (χ4n) is 3.33. The van der Waals surface area contributed by atoms with Crippen LogP contribution < -0.4 is 4.74 Å². The van der Waals surface area contributed by atoms with E-state index in [1.165, 1.54) is 29.5 Å². The second kappa shape index (κ2) is 8.70. The SMILES string of the molecule is COc1cc(N=CN2CCCC2)c(C)cc1CC1=CCC=CCC=C1. The predicted molar refractivity (Wildman–Crippen MR) is 106 cm³/mol.